The number of carbonyl (C=O) groups excluding carboxylic acids is 1. The van der Waals surface area contributed by atoms with Crippen molar-refractivity contribution >= 4 is 17.7 Å². The lowest BCUT2D eigenvalue weighted by Crippen LogP contribution is -2.34. The van der Waals surface area contributed by atoms with E-state index in [0.29, 0.717) is 12.4 Å². The minimum Gasteiger partial charge on any atom is -0.465 e. The van der Waals surface area contributed by atoms with E-state index in [1.54, 1.807) is 24.9 Å². The molecule has 0 fully saturated rings. The molecule has 1 atom stereocenters. The zero-order valence-electron chi connectivity index (χ0n) is 9.26. The summed E-state index contributed by atoms with van der Waals surface area (Å²) in [5.41, 5.74) is 6.64. The van der Waals surface area contributed by atoms with Crippen molar-refractivity contribution < 1.29 is 9.53 Å². The molecule has 16 heavy (non-hydrogen) atoms. The van der Waals surface area contributed by atoms with Crippen molar-refractivity contribution in [2.75, 3.05) is 12.4 Å². The fourth-order valence-corrected chi connectivity index (χ4v) is 1.98. The van der Waals surface area contributed by atoms with Crippen LogP contribution in [-0.4, -0.2) is 29.4 Å². The minimum atomic E-state index is -0.548. The number of aromatic nitrogens is 1. The molecular weight excluding hydrogens is 224 g/mol. The predicted octanol–water partition coefficient (Wildman–Crippen LogP) is 1.21. The molecule has 1 aromatic heterocycles. The van der Waals surface area contributed by atoms with E-state index >= 15 is 0 Å². The van der Waals surface area contributed by atoms with Gasteiger partial charge in [-0.05, 0) is 19.1 Å². The summed E-state index contributed by atoms with van der Waals surface area (Å²) < 4.78 is 4.81. The average molecular weight is 240 g/mol. The second-order valence-electron chi connectivity index (χ2n) is 3.19. The second-order valence-corrected chi connectivity index (χ2v) is 4.23. The molecule has 1 heterocycles. The molecule has 0 bridgehead atoms. The lowest BCUT2D eigenvalue weighted by Gasteiger charge is -2.09. The Morgan fingerprint density at radius 2 is 2.44 bits per heavy atom. The van der Waals surface area contributed by atoms with Crippen molar-refractivity contribution in [3.05, 3.63) is 30.1 Å². The van der Waals surface area contributed by atoms with Gasteiger partial charge in [0.1, 0.15) is 6.04 Å². The Kier molecular flexibility index (Phi) is 5.88. The molecular formula is C11H16N2O2S. The smallest absolute Gasteiger partial charge is 0.323 e. The molecule has 1 rings (SSSR count). The molecule has 0 amide bonds. The summed E-state index contributed by atoms with van der Waals surface area (Å²) >= 11 is 1.58. The van der Waals surface area contributed by atoms with Gasteiger partial charge < -0.3 is 10.5 Å². The first-order chi connectivity index (χ1) is 7.74. The Bertz CT molecular complexity index is 319. The molecule has 4 nitrogen and oxygen atoms in total. The van der Waals surface area contributed by atoms with E-state index in [2.05, 4.69) is 4.98 Å². The number of hydrogen-bond acceptors (Lipinski definition) is 5. The van der Waals surface area contributed by atoms with Crippen molar-refractivity contribution in [3.8, 4) is 0 Å². The topological polar surface area (TPSA) is 65.2 Å². The van der Waals surface area contributed by atoms with Crippen LogP contribution >= 0.6 is 11.8 Å². The predicted molar refractivity (Wildman–Crippen MR) is 65.0 cm³/mol. The molecule has 0 saturated heterocycles. The third-order valence-electron chi connectivity index (χ3n) is 1.86. The van der Waals surface area contributed by atoms with Crippen LogP contribution in [0.5, 0.6) is 0 Å². The molecule has 1 unspecified atom stereocenters. The summed E-state index contributed by atoms with van der Waals surface area (Å²) in [6.45, 7) is 2.14. The zero-order valence-corrected chi connectivity index (χ0v) is 10.1. The van der Waals surface area contributed by atoms with Crippen LogP contribution in [0, 0.1) is 0 Å². The van der Waals surface area contributed by atoms with Gasteiger partial charge >= 0.3 is 5.97 Å². The van der Waals surface area contributed by atoms with E-state index in [9.17, 15) is 4.79 Å². The van der Waals surface area contributed by atoms with Crippen LogP contribution in [0.1, 0.15) is 12.6 Å². The highest BCUT2D eigenvalue weighted by molar-refractivity contribution is 7.98. The van der Waals surface area contributed by atoms with Gasteiger partial charge in [-0.2, -0.15) is 11.8 Å². The molecule has 0 spiro atoms. The van der Waals surface area contributed by atoms with Gasteiger partial charge in [0.15, 0.2) is 0 Å². The van der Waals surface area contributed by atoms with E-state index in [1.807, 2.05) is 18.2 Å². The second kappa shape index (κ2) is 7.24. The van der Waals surface area contributed by atoms with Crippen LogP contribution in [0.15, 0.2) is 24.4 Å². The average Bonchev–Trinajstić information content (AvgIpc) is 2.30. The van der Waals surface area contributed by atoms with Crippen molar-refractivity contribution in [1.29, 1.82) is 0 Å². The lowest BCUT2D eigenvalue weighted by molar-refractivity contribution is -0.144. The molecule has 1 aromatic rings. The Morgan fingerprint density at radius 1 is 1.62 bits per heavy atom. The molecule has 0 aliphatic rings. The Morgan fingerprint density at radius 3 is 3.06 bits per heavy atom. The van der Waals surface area contributed by atoms with E-state index in [-0.39, 0.29) is 5.97 Å². The number of carbonyl (C=O) groups is 1. The SMILES string of the molecule is CCOC(=O)C(N)CSCc1ccccn1. The maximum absolute atomic E-state index is 11.2. The molecule has 0 aliphatic heterocycles. The molecule has 2 N–H and O–H groups in total. The van der Waals surface area contributed by atoms with E-state index in [0.717, 1.165) is 11.4 Å². The van der Waals surface area contributed by atoms with Crippen LogP contribution in [-0.2, 0) is 15.3 Å². The molecule has 0 radical (unpaired) electrons. The number of rotatable bonds is 6. The Hall–Kier alpha value is -1.07. The highest BCUT2D eigenvalue weighted by Crippen LogP contribution is 2.10. The summed E-state index contributed by atoms with van der Waals surface area (Å²) in [6.07, 6.45) is 1.75. The third-order valence-corrected chi connectivity index (χ3v) is 2.96. The summed E-state index contributed by atoms with van der Waals surface area (Å²) in [4.78, 5) is 15.4. The molecule has 0 saturated carbocycles. The van der Waals surface area contributed by atoms with Crippen LogP contribution in [0.4, 0.5) is 0 Å². The summed E-state index contributed by atoms with van der Waals surface area (Å²) in [5, 5.41) is 0. The molecule has 0 aromatic carbocycles. The summed E-state index contributed by atoms with van der Waals surface area (Å²) in [7, 11) is 0. The highest BCUT2D eigenvalue weighted by atomic mass is 32.2. The first-order valence-electron chi connectivity index (χ1n) is 5.14. The standard InChI is InChI=1S/C11H16N2O2S/c1-2-15-11(14)10(12)8-16-7-9-5-3-4-6-13-9/h3-6,10H,2,7-8,12H2,1H3. The number of thioether (sulfide) groups is 1. The first kappa shape index (κ1) is 13.0. The van der Waals surface area contributed by atoms with Crippen LogP contribution in [0.3, 0.4) is 0 Å². The number of nitrogens with zero attached hydrogens (tertiary/aromatic N) is 1. The van der Waals surface area contributed by atoms with Gasteiger partial charge in [-0.1, -0.05) is 6.07 Å². The van der Waals surface area contributed by atoms with Gasteiger partial charge in [0.25, 0.3) is 0 Å². The maximum Gasteiger partial charge on any atom is 0.323 e. The highest BCUT2D eigenvalue weighted by Gasteiger charge is 2.13. The number of hydrogen-bond donors (Lipinski definition) is 1. The number of nitrogens with two attached hydrogens (primary N) is 1. The zero-order chi connectivity index (χ0) is 11.8. The van der Waals surface area contributed by atoms with Crippen molar-refractivity contribution in [2.45, 2.75) is 18.7 Å². The van der Waals surface area contributed by atoms with Gasteiger partial charge in [0, 0.05) is 17.7 Å². The quantitative estimate of drug-likeness (QED) is 0.757. The van der Waals surface area contributed by atoms with Gasteiger partial charge in [-0.15, -0.1) is 0 Å². The van der Waals surface area contributed by atoms with Crippen LogP contribution in [0.2, 0.25) is 0 Å². The summed E-state index contributed by atoms with van der Waals surface area (Å²) in [6, 6.07) is 5.21. The number of ether oxygens (including phenoxy) is 1. The normalized spacial score (nSPS) is 12.1. The van der Waals surface area contributed by atoms with Gasteiger partial charge in [-0.3, -0.25) is 9.78 Å². The monoisotopic (exact) mass is 240 g/mol. The Balaban J connectivity index is 2.23. The third kappa shape index (κ3) is 4.63. The molecule has 88 valence electrons. The van der Waals surface area contributed by atoms with E-state index in [4.69, 9.17) is 10.5 Å². The first-order valence-corrected chi connectivity index (χ1v) is 6.29. The summed E-state index contributed by atoms with van der Waals surface area (Å²) in [5.74, 6) is 0.972. The molecule has 0 aliphatic carbocycles. The Labute approximate surface area is 99.6 Å². The minimum absolute atomic E-state index is 0.337. The van der Waals surface area contributed by atoms with Crippen molar-refractivity contribution in [3.63, 3.8) is 0 Å². The number of esters is 1. The van der Waals surface area contributed by atoms with Crippen LogP contribution in [0.25, 0.3) is 0 Å². The van der Waals surface area contributed by atoms with E-state index < -0.39 is 6.04 Å². The van der Waals surface area contributed by atoms with Gasteiger partial charge in [0.2, 0.25) is 0 Å². The largest absolute Gasteiger partial charge is 0.465 e. The van der Waals surface area contributed by atoms with Crippen molar-refractivity contribution in [2.24, 2.45) is 5.73 Å². The maximum atomic E-state index is 11.2. The van der Waals surface area contributed by atoms with E-state index in [1.165, 1.54) is 0 Å². The van der Waals surface area contributed by atoms with Crippen LogP contribution < -0.4 is 5.73 Å². The lowest BCUT2D eigenvalue weighted by atomic mass is 10.4. The van der Waals surface area contributed by atoms with Crippen molar-refractivity contribution in [1.82, 2.24) is 4.98 Å². The molecule has 5 heteroatoms. The fourth-order valence-electron chi connectivity index (χ4n) is 1.09. The van der Waals surface area contributed by atoms with Gasteiger partial charge in [-0.25, -0.2) is 0 Å². The fraction of sp³-hybridized carbons (Fsp3) is 0.455. The number of pyridine rings is 1. The van der Waals surface area contributed by atoms with Gasteiger partial charge in [0.05, 0.1) is 12.3 Å².